The fourth-order valence-corrected chi connectivity index (χ4v) is 1.71. The van der Waals surface area contributed by atoms with E-state index in [9.17, 15) is 21.6 Å². The van der Waals surface area contributed by atoms with Crippen molar-refractivity contribution in [2.24, 2.45) is 5.14 Å². The first-order chi connectivity index (χ1) is 8.66. The Kier molecular flexibility index (Phi) is 5.01. The van der Waals surface area contributed by atoms with E-state index in [-0.39, 0.29) is 24.5 Å². The van der Waals surface area contributed by atoms with Crippen LogP contribution in [-0.2, 0) is 10.0 Å². The number of alkyl halides is 3. The molecule has 5 nitrogen and oxygen atoms in total. The molecule has 9 heteroatoms. The first kappa shape index (κ1) is 15.6. The van der Waals surface area contributed by atoms with Crippen LogP contribution in [0.15, 0.2) is 24.3 Å². The van der Waals surface area contributed by atoms with E-state index in [0.29, 0.717) is 5.75 Å². The summed E-state index contributed by atoms with van der Waals surface area (Å²) in [4.78, 5) is 0. The van der Waals surface area contributed by atoms with Gasteiger partial charge in [0.2, 0.25) is 10.0 Å². The molecular formula is C10H12F3NO4S. The SMILES string of the molecule is NS(=O)(=O)CCCOc1ccc(OC(F)(F)F)cc1. The second kappa shape index (κ2) is 6.11. The quantitative estimate of drug-likeness (QED) is 0.810. The minimum Gasteiger partial charge on any atom is -0.494 e. The molecule has 0 aliphatic carbocycles. The molecule has 0 aromatic heterocycles. The van der Waals surface area contributed by atoms with Crippen molar-refractivity contribution >= 4 is 10.0 Å². The lowest BCUT2D eigenvalue weighted by Crippen LogP contribution is -2.18. The molecule has 0 aliphatic rings. The van der Waals surface area contributed by atoms with E-state index in [1.54, 1.807) is 0 Å². The third-order valence-electron chi connectivity index (χ3n) is 1.90. The molecule has 1 aromatic rings. The Hall–Kier alpha value is -1.48. The molecule has 0 fully saturated rings. The molecule has 19 heavy (non-hydrogen) atoms. The van der Waals surface area contributed by atoms with Crippen molar-refractivity contribution in [2.75, 3.05) is 12.4 Å². The van der Waals surface area contributed by atoms with E-state index < -0.39 is 16.4 Å². The minimum atomic E-state index is -4.74. The van der Waals surface area contributed by atoms with Crippen LogP contribution < -0.4 is 14.6 Å². The summed E-state index contributed by atoms with van der Waals surface area (Å²) in [5.74, 6) is -0.268. The largest absolute Gasteiger partial charge is 0.573 e. The molecular weight excluding hydrogens is 287 g/mol. The first-order valence-corrected chi connectivity index (χ1v) is 6.86. The summed E-state index contributed by atoms with van der Waals surface area (Å²) >= 11 is 0. The van der Waals surface area contributed by atoms with Crippen molar-refractivity contribution in [1.82, 2.24) is 0 Å². The molecule has 2 N–H and O–H groups in total. The molecule has 0 saturated heterocycles. The fraction of sp³-hybridized carbons (Fsp3) is 0.400. The number of rotatable bonds is 6. The maximum Gasteiger partial charge on any atom is 0.573 e. The number of hydrogen-bond acceptors (Lipinski definition) is 4. The van der Waals surface area contributed by atoms with Gasteiger partial charge in [-0.05, 0) is 30.7 Å². The van der Waals surface area contributed by atoms with Crippen molar-refractivity contribution < 1.29 is 31.1 Å². The van der Waals surface area contributed by atoms with Crippen LogP contribution in [0.5, 0.6) is 11.5 Å². The molecule has 0 saturated carbocycles. The summed E-state index contributed by atoms with van der Waals surface area (Å²) in [6.07, 6.45) is -4.54. The second-order valence-corrected chi connectivity index (χ2v) is 5.32. The van der Waals surface area contributed by atoms with Gasteiger partial charge in [0.15, 0.2) is 0 Å². The molecule has 108 valence electrons. The Balaban J connectivity index is 2.40. The highest BCUT2D eigenvalue weighted by molar-refractivity contribution is 7.89. The summed E-state index contributed by atoms with van der Waals surface area (Å²) in [5.41, 5.74) is 0. The molecule has 0 radical (unpaired) electrons. The topological polar surface area (TPSA) is 78.6 Å². The van der Waals surface area contributed by atoms with E-state index in [0.717, 1.165) is 12.1 Å². The van der Waals surface area contributed by atoms with Crippen LogP contribution in [0.25, 0.3) is 0 Å². The Morgan fingerprint density at radius 2 is 1.63 bits per heavy atom. The van der Waals surface area contributed by atoms with Gasteiger partial charge in [0.25, 0.3) is 0 Å². The van der Waals surface area contributed by atoms with Crippen molar-refractivity contribution in [3.63, 3.8) is 0 Å². The van der Waals surface area contributed by atoms with Crippen LogP contribution in [0.4, 0.5) is 13.2 Å². The summed E-state index contributed by atoms with van der Waals surface area (Å²) in [7, 11) is -3.53. The number of benzene rings is 1. The standard InChI is InChI=1S/C10H12F3NO4S/c11-10(12,13)18-9-4-2-8(3-5-9)17-6-1-7-19(14,15)16/h2-5H,1,6-7H2,(H2,14,15,16). The summed E-state index contributed by atoms with van der Waals surface area (Å²) in [5, 5.41) is 4.79. The van der Waals surface area contributed by atoms with Crippen molar-refractivity contribution in [2.45, 2.75) is 12.8 Å². The third kappa shape index (κ3) is 7.52. The Morgan fingerprint density at radius 3 is 2.11 bits per heavy atom. The van der Waals surface area contributed by atoms with Gasteiger partial charge < -0.3 is 9.47 Å². The van der Waals surface area contributed by atoms with Crippen molar-refractivity contribution in [3.8, 4) is 11.5 Å². The number of nitrogens with two attached hydrogens (primary N) is 1. The van der Waals surface area contributed by atoms with E-state index in [4.69, 9.17) is 9.88 Å². The number of primary sulfonamides is 1. The van der Waals surface area contributed by atoms with Crippen LogP contribution >= 0.6 is 0 Å². The molecule has 0 spiro atoms. The van der Waals surface area contributed by atoms with E-state index >= 15 is 0 Å². The Bertz CT molecular complexity index is 499. The van der Waals surface area contributed by atoms with Gasteiger partial charge in [0, 0.05) is 0 Å². The van der Waals surface area contributed by atoms with Crippen LogP contribution in [0, 0.1) is 0 Å². The average molecular weight is 299 g/mol. The fourth-order valence-electron chi connectivity index (χ4n) is 1.19. The smallest absolute Gasteiger partial charge is 0.494 e. The zero-order valence-corrected chi connectivity index (χ0v) is 10.5. The number of ether oxygens (including phenoxy) is 2. The molecule has 0 aliphatic heterocycles. The van der Waals surface area contributed by atoms with Gasteiger partial charge in [-0.3, -0.25) is 0 Å². The molecule has 0 unspecified atom stereocenters. The molecule has 0 atom stereocenters. The number of hydrogen-bond donors (Lipinski definition) is 1. The highest BCUT2D eigenvalue weighted by atomic mass is 32.2. The maximum absolute atomic E-state index is 11.9. The average Bonchev–Trinajstić information content (AvgIpc) is 2.23. The molecule has 0 amide bonds. The van der Waals surface area contributed by atoms with E-state index in [1.807, 2.05) is 0 Å². The van der Waals surface area contributed by atoms with Crippen molar-refractivity contribution in [3.05, 3.63) is 24.3 Å². The second-order valence-electron chi connectivity index (χ2n) is 3.59. The third-order valence-corrected chi connectivity index (χ3v) is 2.76. The van der Waals surface area contributed by atoms with Gasteiger partial charge in [-0.1, -0.05) is 0 Å². The van der Waals surface area contributed by atoms with Crippen molar-refractivity contribution in [1.29, 1.82) is 0 Å². The molecule has 1 rings (SSSR count). The van der Waals surface area contributed by atoms with Crippen LogP contribution in [0.3, 0.4) is 0 Å². The maximum atomic E-state index is 11.9. The van der Waals surface area contributed by atoms with Gasteiger partial charge in [-0.25, -0.2) is 13.6 Å². The lowest BCUT2D eigenvalue weighted by molar-refractivity contribution is -0.274. The van der Waals surface area contributed by atoms with E-state index in [1.165, 1.54) is 12.1 Å². The van der Waals surface area contributed by atoms with Gasteiger partial charge in [0.1, 0.15) is 11.5 Å². The van der Waals surface area contributed by atoms with Gasteiger partial charge in [-0.2, -0.15) is 0 Å². The van der Waals surface area contributed by atoms with Crippen LogP contribution in [0.2, 0.25) is 0 Å². The van der Waals surface area contributed by atoms with Crippen LogP contribution in [-0.4, -0.2) is 27.1 Å². The summed E-state index contributed by atoms with van der Waals surface area (Å²) in [6, 6.07) is 4.78. The van der Waals surface area contributed by atoms with Crippen LogP contribution in [0.1, 0.15) is 6.42 Å². The van der Waals surface area contributed by atoms with E-state index in [2.05, 4.69) is 4.74 Å². The predicted octanol–water partition coefficient (Wildman–Crippen LogP) is 1.64. The molecule has 1 aromatic carbocycles. The zero-order valence-electron chi connectivity index (χ0n) is 9.68. The predicted molar refractivity (Wildman–Crippen MR) is 61.2 cm³/mol. The highest BCUT2D eigenvalue weighted by Gasteiger charge is 2.30. The lowest BCUT2D eigenvalue weighted by Gasteiger charge is -2.10. The van der Waals surface area contributed by atoms with Gasteiger partial charge in [0.05, 0.1) is 12.4 Å². The van der Waals surface area contributed by atoms with Gasteiger partial charge in [-0.15, -0.1) is 13.2 Å². The minimum absolute atomic E-state index is 0.0932. The Morgan fingerprint density at radius 1 is 1.11 bits per heavy atom. The summed E-state index contributed by atoms with van der Waals surface area (Å²) in [6.45, 7) is 0.0932. The normalized spacial score (nSPS) is 12.2. The number of sulfonamides is 1. The van der Waals surface area contributed by atoms with Gasteiger partial charge >= 0.3 is 6.36 Å². The number of halogens is 3. The highest BCUT2D eigenvalue weighted by Crippen LogP contribution is 2.24. The first-order valence-electron chi connectivity index (χ1n) is 5.15. The molecule has 0 bridgehead atoms. The lowest BCUT2D eigenvalue weighted by atomic mass is 10.3. The monoisotopic (exact) mass is 299 g/mol. The zero-order chi connectivity index (χ0) is 14.5. The molecule has 0 heterocycles. The summed E-state index contributed by atoms with van der Waals surface area (Å²) < 4.78 is 65.7. The Labute approximate surface area is 108 Å².